The summed E-state index contributed by atoms with van der Waals surface area (Å²) in [7, 11) is 0. The summed E-state index contributed by atoms with van der Waals surface area (Å²) in [5.74, 6) is 0. The van der Waals surface area contributed by atoms with Gasteiger partial charge in [0.1, 0.15) is 0 Å². The van der Waals surface area contributed by atoms with Gasteiger partial charge in [-0.25, -0.2) is 0 Å². The minimum atomic E-state index is 0.810. The first-order valence-electron chi connectivity index (χ1n) is 5.83. The molecule has 0 aliphatic carbocycles. The molecule has 1 N–H and O–H groups in total. The Morgan fingerprint density at radius 2 is 1.88 bits per heavy atom. The van der Waals surface area contributed by atoms with Crippen molar-refractivity contribution in [2.75, 3.05) is 13.1 Å². The fourth-order valence-electron chi connectivity index (χ4n) is 1.14. The molecule has 0 unspecified atom stereocenters. The average molecular weight is 229 g/mol. The third-order valence-electron chi connectivity index (χ3n) is 2.02. The van der Waals surface area contributed by atoms with E-state index in [1.807, 2.05) is 43.4 Å². The Hall–Kier alpha value is -1.60. The highest BCUT2D eigenvalue weighted by molar-refractivity contribution is 5.21. The lowest BCUT2D eigenvalue weighted by Crippen LogP contribution is -2.18. The van der Waals surface area contributed by atoms with E-state index in [-0.39, 0.29) is 0 Å². The molecule has 92 valence electrons. The summed E-state index contributed by atoms with van der Waals surface area (Å²) in [4.78, 5) is 0. The highest BCUT2D eigenvalue weighted by Gasteiger charge is 1.90. The number of allylic oxidation sites excluding steroid dienone is 7. The molecule has 1 nitrogen and oxygen atoms in total. The van der Waals surface area contributed by atoms with Crippen LogP contribution in [0.5, 0.6) is 0 Å². The van der Waals surface area contributed by atoms with Crippen molar-refractivity contribution in [3.8, 4) is 0 Å². The Labute approximate surface area is 106 Å². The molecule has 0 saturated carbocycles. The highest BCUT2D eigenvalue weighted by Crippen LogP contribution is 1.94. The Morgan fingerprint density at radius 1 is 1.12 bits per heavy atom. The molecule has 0 aromatic rings. The topological polar surface area (TPSA) is 12.0 Å². The molecule has 17 heavy (non-hydrogen) atoms. The second kappa shape index (κ2) is 10.9. The molecular formula is C16H23N. The maximum Gasteiger partial charge on any atom is 0.0202 e. The van der Waals surface area contributed by atoms with Crippen molar-refractivity contribution in [1.82, 2.24) is 5.32 Å². The third-order valence-corrected chi connectivity index (χ3v) is 2.02. The zero-order valence-corrected chi connectivity index (χ0v) is 10.9. The molecule has 0 fully saturated rings. The van der Waals surface area contributed by atoms with Crippen molar-refractivity contribution in [1.29, 1.82) is 0 Å². The molecule has 0 amide bonds. The molecule has 0 aromatic carbocycles. The van der Waals surface area contributed by atoms with Crippen LogP contribution in [0.15, 0.2) is 72.9 Å². The molecule has 0 aliphatic heterocycles. The van der Waals surface area contributed by atoms with Crippen LogP contribution in [-0.4, -0.2) is 13.1 Å². The monoisotopic (exact) mass is 229 g/mol. The zero-order chi connectivity index (χ0) is 12.9. The summed E-state index contributed by atoms with van der Waals surface area (Å²) in [5.41, 5.74) is 2.37. The fourth-order valence-corrected chi connectivity index (χ4v) is 1.14. The molecule has 0 radical (unpaired) electrons. The van der Waals surface area contributed by atoms with Crippen molar-refractivity contribution < 1.29 is 0 Å². The van der Waals surface area contributed by atoms with Crippen molar-refractivity contribution in [3.05, 3.63) is 72.9 Å². The van der Waals surface area contributed by atoms with E-state index in [4.69, 9.17) is 0 Å². The van der Waals surface area contributed by atoms with Gasteiger partial charge in [0.15, 0.2) is 0 Å². The predicted octanol–water partition coefficient (Wildman–Crippen LogP) is 3.95. The number of hydrogen-bond acceptors (Lipinski definition) is 1. The number of nitrogens with one attached hydrogen (secondary N) is 1. The standard InChI is InChI=1S/C16H23N/c1-5-7-9-11-15(3)13-17-14-16(4)12-10-8-6-2/h5-12,17H,1,4,13-14H2,2-3H3/b8-6-,9-7-,12-10-,15-11+. The van der Waals surface area contributed by atoms with E-state index in [9.17, 15) is 0 Å². The van der Waals surface area contributed by atoms with Gasteiger partial charge in [0.2, 0.25) is 0 Å². The first kappa shape index (κ1) is 15.4. The Morgan fingerprint density at radius 3 is 2.53 bits per heavy atom. The van der Waals surface area contributed by atoms with E-state index in [1.54, 1.807) is 6.08 Å². The molecule has 0 spiro atoms. The molecule has 0 rings (SSSR count). The van der Waals surface area contributed by atoms with Crippen LogP contribution in [0.4, 0.5) is 0 Å². The first-order valence-corrected chi connectivity index (χ1v) is 5.83. The molecule has 0 saturated heterocycles. The van der Waals surface area contributed by atoms with Gasteiger partial charge in [-0.1, -0.05) is 67.3 Å². The van der Waals surface area contributed by atoms with Gasteiger partial charge in [0, 0.05) is 13.1 Å². The van der Waals surface area contributed by atoms with Crippen LogP contribution in [0.1, 0.15) is 13.8 Å². The van der Waals surface area contributed by atoms with Crippen LogP contribution in [0, 0.1) is 0 Å². The maximum absolute atomic E-state index is 3.97. The van der Waals surface area contributed by atoms with Crippen molar-refractivity contribution >= 4 is 0 Å². The largest absolute Gasteiger partial charge is 0.309 e. The van der Waals surface area contributed by atoms with E-state index < -0.39 is 0 Å². The van der Waals surface area contributed by atoms with Crippen LogP contribution in [0.2, 0.25) is 0 Å². The van der Waals surface area contributed by atoms with Crippen LogP contribution in [0.3, 0.4) is 0 Å². The van der Waals surface area contributed by atoms with Gasteiger partial charge in [0.05, 0.1) is 0 Å². The highest BCUT2D eigenvalue weighted by atomic mass is 14.8. The van der Waals surface area contributed by atoms with Gasteiger partial charge in [-0.3, -0.25) is 0 Å². The molecule has 0 aromatic heterocycles. The van der Waals surface area contributed by atoms with Gasteiger partial charge < -0.3 is 5.32 Å². The quantitative estimate of drug-likeness (QED) is 0.621. The molecule has 0 bridgehead atoms. The first-order chi connectivity index (χ1) is 8.20. The SMILES string of the molecule is C=C/C=C\C=C(/C)CNCC(=C)/C=C\C=C/C. The minimum absolute atomic E-state index is 0.810. The lowest BCUT2D eigenvalue weighted by molar-refractivity contribution is 0.800. The summed E-state index contributed by atoms with van der Waals surface area (Å²) < 4.78 is 0. The smallest absolute Gasteiger partial charge is 0.0202 e. The van der Waals surface area contributed by atoms with Crippen LogP contribution >= 0.6 is 0 Å². The molecule has 0 aliphatic rings. The summed E-state index contributed by atoms with van der Waals surface area (Å²) >= 11 is 0. The van der Waals surface area contributed by atoms with Crippen molar-refractivity contribution in [3.63, 3.8) is 0 Å². The van der Waals surface area contributed by atoms with Gasteiger partial charge in [-0.2, -0.15) is 0 Å². The van der Waals surface area contributed by atoms with Gasteiger partial charge in [-0.05, 0) is 19.4 Å². The van der Waals surface area contributed by atoms with Crippen LogP contribution in [-0.2, 0) is 0 Å². The van der Waals surface area contributed by atoms with Gasteiger partial charge >= 0.3 is 0 Å². The van der Waals surface area contributed by atoms with Crippen molar-refractivity contribution in [2.24, 2.45) is 0 Å². The summed E-state index contributed by atoms with van der Waals surface area (Å²) in [5, 5.41) is 3.34. The van der Waals surface area contributed by atoms with Crippen molar-refractivity contribution in [2.45, 2.75) is 13.8 Å². The van der Waals surface area contributed by atoms with E-state index in [0.29, 0.717) is 0 Å². The maximum atomic E-state index is 3.97. The van der Waals surface area contributed by atoms with Crippen LogP contribution < -0.4 is 5.32 Å². The second-order valence-corrected chi connectivity index (χ2v) is 3.78. The summed E-state index contributed by atoms with van der Waals surface area (Å²) in [6.07, 6.45) is 15.8. The second-order valence-electron chi connectivity index (χ2n) is 3.78. The predicted molar refractivity (Wildman–Crippen MR) is 79.1 cm³/mol. The lowest BCUT2D eigenvalue weighted by atomic mass is 10.2. The van der Waals surface area contributed by atoms with Crippen LogP contribution in [0.25, 0.3) is 0 Å². The normalized spacial score (nSPS) is 12.9. The average Bonchev–Trinajstić information content (AvgIpc) is 2.30. The van der Waals surface area contributed by atoms with E-state index in [1.165, 1.54) is 5.57 Å². The van der Waals surface area contributed by atoms with Gasteiger partial charge in [0.25, 0.3) is 0 Å². The number of hydrogen-bond donors (Lipinski definition) is 1. The molecule has 0 heterocycles. The zero-order valence-electron chi connectivity index (χ0n) is 10.9. The molecule has 1 heteroatoms. The number of rotatable bonds is 8. The fraction of sp³-hybridized carbons (Fsp3) is 0.250. The summed E-state index contributed by atoms with van der Waals surface area (Å²) in [6, 6.07) is 0. The van der Waals surface area contributed by atoms with E-state index in [0.717, 1.165) is 18.7 Å². The Balaban J connectivity index is 3.83. The van der Waals surface area contributed by atoms with Gasteiger partial charge in [-0.15, -0.1) is 0 Å². The van der Waals surface area contributed by atoms with E-state index in [2.05, 4.69) is 31.5 Å². The lowest BCUT2D eigenvalue weighted by Gasteiger charge is -2.04. The molecule has 0 atom stereocenters. The third kappa shape index (κ3) is 10.7. The molecular weight excluding hydrogens is 206 g/mol. The minimum Gasteiger partial charge on any atom is -0.309 e. The Kier molecular flexibility index (Phi) is 9.88. The Bertz CT molecular complexity index is 341. The summed E-state index contributed by atoms with van der Waals surface area (Å²) in [6.45, 7) is 13.4. The van der Waals surface area contributed by atoms with E-state index >= 15 is 0 Å².